The van der Waals surface area contributed by atoms with Gasteiger partial charge in [0.25, 0.3) is 0 Å². The van der Waals surface area contributed by atoms with E-state index in [1.807, 2.05) is 24.3 Å². The lowest BCUT2D eigenvalue weighted by Gasteiger charge is -1.98. The molecule has 0 aliphatic rings. The Morgan fingerprint density at radius 1 is 1.36 bits per heavy atom. The second-order valence-electron chi connectivity index (χ2n) is 4.59. The van der Waals surface area contributed by atoms with Crippen LogP contribution in [-0.4, -0.2) is 16.1 Å². The van der Waals surface area contributed by atoms with Gasteiger partial charge >= 0.3 is 5.97 Å². The lowest BCUT2D eigenvalue weighted by molar-refractivity contribution is 0.0697. The van der Waals surface area contributed by atoms with Crippen molar-refractivity contribution in [3.05, 3.63) is 61.6 Å². The van der Waals surface area contributed by atoms with Crippen LogP contribution in [0.1, 0.15) is 16.1 Å². The Kier molecular flexibility index (Phi) is 3.79. The molecule has 0 amide bonds. The average Bonchev–Trinajstić information content (AvgIpc) is 3.06. The summed E-state index contributed by atoms with van der Waals surface area (Å²) in [6, 6.07) is 10.3. The molecule has 22 heavy (non-hydrogen) atoms. The van der Waals surface area contributed by atoms with E-state index in [0.29, 0.717) is 15.5 Å². The number of thiazole rings is 1. The van der Waals surface area contributed by atoms with E-state index < -0.39 is 5.97 Å². The summed E-state index contributed by atoms with van der Waals surface area (Å²) in [5.41, 5.74) is 0.944. The molecule has 0 aliphatic carbocycles. The molecule has 2 heterocycles. The van der Waals surface area contributed by atoms with Crippen LogP contribution in [0.4, 0.5) is 0 Å². The molecule has 3 aromatic rings. The van der Waals surface area contributed by atoms with Crippen molar-refractivity contribution in [2.45, 2.75) is 0 Å². The second kappa shape index (κ2) is 5.75. The third kappa shape index (κ3) is 2.93. The number of carboxylic acids is 1. The number of H-pyrrole nitrogens is 1. The smallest absolute Gasteiger partial charge is 0.335 e. The summed E-state index contributed by atoms with van der Waals surface area (Å²) in [5.74, 6) is 0.305. The molecule has 0 fully saturated rings. The quantitative estimate of drug-likeness (QED) is 0.725. The maximum atomic E-state index is 11.0. The number of nitrogens with one attached hydrogen (secondary N) is 1. The lowest BCUT2D eigenvalue weighted by Crippen LogP contribution is -2.18. The Morgan fingerprint density at radius 2 is 2.18 bits per heavy atom. The Hall–Kier alpha value is -2.44. The van der Waals surface area contributed by atoms with E-state index in [2.05, 4.69) is 11.6 Å². The van der Waals surface area contributed by atoms with Crippen molar-refractivity contribution in [1.82, 2.24) is 4.98 Å². The Bertz CT molecular complexity index is 1010. The number of rotatable bonds is 3. The van der Waals surface area contributed by atoms with Crippen molar-refractivity contribution >= 4 is 42.2 Å². The van der Waals surface area contributed by atoms with Gasteiger partial charge in [0.15, 0.2) is 3.95 Å². The van der Waals surface area contributed by atoms with Gasteiger partial charge in [-0.2, -0.15) is 0 Å². The van der Waals surface area contributed by atoms with Crippen LogP contribution in [-0.2, 0) is 0 Å². The SMILES string of the molecule is C=c1[nH]c(=S)sc1=Cc1ccc(-c2cccc(C(=O)O)c2)o1. The number of aromatic carboxylic acids is 1. The van der Waals surface area contributed by atoms with Crippen LogP contribution in [0.5, 0.6) is 0 Å². The molecule has 2 aromatic heterocycles. The van der Waals surface area contributed by atoms with E-state index in [0.717, 1.165) is 15.4 Å². The van der Waals surface area contributed by atoms with E-state index in [4.69, 9.17) is 21.7 Å². The molecule has 2 N–H and O–H groups in total. The molecule has 0 spiro atoms. The summed E-state index contributed by atoms with van der Waals surface area (Å²) in [6.45, 7) is 3.88. The minimum Gasteiger partial charge on any atom is -0.478 e. The molecule has 6 heteroatoms. The van der Waals surface area contributed by atoms with Crippen LogP contribution < -0.4 is 9.88 Å². The maximum absolute atomic E-state index is 11.0. The second-order valence-corrected chi connectivity index (χ2v) is 6.31. The zero-order chi connectivity index (χ0) is 15.7. The van der Waals surface area contributed by atoms with Gasteiger partial charge in [0.05, 0.1) is 15.4 Å². The van der Waals surface area contributed by atoms with Crippen LogP contribution in [0, 0.1) is 3.95 Å². The van der Waals surface area contributed by atoms with Crippen molar-refractivity contribution in [1.29, 1.82) is 0 Å². The Balaban J connectivity index is 2.01. The average molecular weight is 329 g/mol. The van der Waals surface area contributed by atoms with Gasteiger partial charge in [0, 0.05) is 11.6 Å². The van der Waals surface area contributed by atoms with Gasteiger partial charge in [0.1, 0.15) is 11.5 Å². The first kappa shape index (κ1) is 14.5. The molecule has 0 saturated heterocycles. The standard InChI is InChI=1S/C16H11NO3S2/c1-9-14(22-16(21)17-9)8-12-5-6-13(20-12)10-3-2-4-11(7-10)15(18)19/h2-8H,1H2,(H,17,21)(H,18,19). The van der Waals surface area contributed by atoms with Gasteiger partial charge in [-0.3, -0.25) is 0 Å². The normalized spacial score (nSPS) is 11.7. The molecule has 0 bridgehead atoms. The fraction of sp³-hybridized carbons (Fsp3) is 0. The van der Waals surface area contributed by atoms with Crippen molar-refractivity contribution < 1.29 is 14.3 Å². The van der Waals surface area contributed by atoms with Crippen LogP contribution in [0.25, 0.3) is 24.0 Å². The van der Waals surface area contributed by atoms with Gasteiger partial charge in [-0.05, 0) is 36.5 Å². The number of hydrogen-bond acceptors (Lipinski definition) is 4. The van der Waals surface area contributed by atoms with E-state index in [1.165, 1.54) is 11.3 Å². The largest absolute Gasteiger partial charge is 0.478 e. The number of benzene rings is 1. The maximum Gasteiger partial charge on any atom is 0.335 e. The highest BCUT2D eigenvalue weighted by Gasteiger charge is 2.07. The number of aromatic nitrogens is 1. The summed E-state index contributed by atoms with van der Waals surface area (Å²) >= 11 is 6.50. The zero-order valence-electron chi connectivity index (χ0n) is 11.3. The highest BCUT2D eigenvalue weighted by Crippen LogP contribution is 2.23. The van der Waals surface area contributed by atoms with E-state index >= 15 is 0 Å². The number of furan rings is 1. The Morgan fingerprint density at radius 3 is 2.86 bits per heavy atom. The lowest BCUT2D eigenvalue weighted by atomic mass is 10.1. The molecule has 0 aliphatic heterocycles. The number of aromatic amines is 1. The first-order valence-corrected chi connectivity index (χ1v) is 7.59. The van der Waals surface area contributed by atoms with Crippen LogP contribution in [0.15, 0.2) is 40.8 Å². The van der Waals surface area contributed by atoms with E-state index in [1.54, 1.807) is 18.2 Å². The summed E-state index contributed by atoms with van der Waals surface area (Å²) in [6.07, 6.45) is 1.85. The molecule has 110 valence electrons. The third-order valence-corrected chi connectivity index (χ3v) is 4.27. The van der Waals surface area contributed by atoms with Crippen molar-refractivity contribution in [2.75, 3.05) is 0 Å². The minimum absolute atomic E-state index is 0.225. The van der Waals surface area contributed by atoms with Crippen molar-refractivity contribution in [3.8, 4) is 11.3 Å². The minimum atomic E-state index is -0.964. The zero-order valence-corrected chi connectivity index (χ0v) is 13.0. The summed E-state index contributed by atoms with van der Waals surface area (Å²) in [5, 5.41) is 9.78. The molecular formula is C16H11NO3S2. The van der Waals surface area contributed by atoms with Crippen molar-refractivity contribution in [2.24, 2.45) is 0 Å². The van der Waals surface area contributed by atoms with E-state index in [9.17, 15) is 4.79 Å². The fourth-order valence-corrected chi connectivity index (χ4v) is 3.12. The highest BCUT2D eigenvalue weighted by molar-refractivity contribution is 7.73. The summed E-state index contributed by atoms with van der Waals surface area (Å²) in [7, 11) is 0. The summed E-state index contributed by atoms with van der Waals surface area (Å²) in [4.78, 5) is 14.0. The third-order valence-electron chi connectivity index (χ3n) is 3.05. The van der Waals surface area contributed by atoms with Gasteiger partial charge in [-0.25, -0.2) is 4.79 Å². The Labute approximate surface area is 134 Å². The molecule has 0 atom stereocenters. The predicted octanol–water partition coefficient (Wildman–Crippen LogP) is 3.00. The summed E-state index contributed by atoms with van der Waals surface area (Å²) < 4.78 is 7.33. The van der Waals surface area contributed by atoms with Gasteiger partial charge in [-0.15, -0.1) is 11.3 Å². The molecule has 3 rings (SSSR count). The van der Waals surface area contributed by atoms with Gasteiger partial charge in [-0.1, -0.05) is 18.7 Å². The van der Waals surface area contributed by atoms with Gasteiger partial charge in [0.2, 0.25) is 0 Å². The highest BCUT2D eigenvalue weighted by atomic mass is 32.1. The molecule has 0 unspecified atom stereocenters. The van der Waals surface area contributed by atoms with E-state index in [-0.39, 0.29) is 5.56 Å². The molecule has 0 saturated carbocycles. The number of carbonyl (C=O) groups is 1. The molecule has 4 nitrogen and oxygen atoms in total. The topological polar surface area (TPSA) is 66.2 Å². The van der Waals surface area contributed by atoms with Crippen molar-refractivity contribution in [3.63, 3.8) is 0 Å². The first-order valence-electron chi connectivity index (χ1n) is 6.36. The number of carboxylic acid groups (broad SMARTS) is 1. The van der Waals surface area contributed by atoms with Crippen LogP contribution >= 0.6 is 23.6 Å². The van der Waals surface area contributed by atoms with Crippen LogP contribution in [0.3, 0.4) is 0 Å². The van der Waals surface area contributed by atoms with Crippen LogP contribution in [0.2, 0.25) is 0 Å². The molecular weight excluding hydrogens is 318 g/mol. The fourth-order valence-electron chi connectivity index (χ4n) is 2.01. The van der Waals surface area contributed by atoms with Gasteiger partial charge < -0.3 is 14.5 Å². The predicted molar refractivity (Wildman–Crippen MR) is 88.9 cm³/mol. The molecule has 0 radical (unpaired) electrons. The number of hydrogen-bond donors (Lipinski definition) is 2. The first-order chi connectivity index (χ1) is 10.5. The monoisotopic (exact) mass is 329 g/mol. The molecule has 1 aromatic carbocycles.